The van der Waals surface area contributed by atoms with Crippen molar-refractivity contribution in [2.24, 2.45) is 5.92 Å². The predicted molar refractivity (Wildman–Crippen MR) is 84.8 cm³/mol. The van der Waals surface area contributed by atoms with E-state index in [2.05, 4.69) is 64.7 Å². The fourth-order valence-electron chi connectivity index (χ4n) is 2.00. The van der Waals surface area contributed by atoms with Gasteiger partial charge in [-0.15, -0.1) is 6.58 Å². The standard InChI is InChI=1S/C18H30/c1-6-8-14-18(11-7-2)15-17(5)13-10-9-12-16(3)4/h6-8,11,15,17H,3,9-10,12-14H2,1-2,4-5H3. The topological polar surface area (TPSA) is 0 Å². The number of allylic oxidation sites excluding steroid dienone is 7. The molecule has 0 heteroatoms. The quantitative estimate of drug-likeness (QED) is 0.257. The molecule has 0 saturated heterocycles. The molecule has 0 amide bonds. The first-order chi connectivity index (χ1) is 8.60. The van der Waals surface area contributed by atoms with Crippen LogP contribution in [0, 0.1) is 5.92 Å². The summed E-state index contributed by atoms with van der Waals surface area (Å²) >= 11 is 0. The lowest BCUT2D eigenvalue weighted by Crippen LogP contribution is -1.92. The minimum atomic E-state index is 0.673. The molecule has 0 radical (unpaired) electrons. The van der Waals surface area contributed by atoms with Gasteiger partial charge in [-0.2, -0.15) is 0 Å². The Hall–Kier alpha value is -1.04. The monoisotopic (exact) mass is 246 g/mol. The lowest BCUT2D eigenvalue weighted by molar-refractivity contribution is 0.578. The lowest BCUT2D eigenvalue weighted by Gasteiger charge is -2.08. The third kappa shape index (κ3) is 10.1. The molecular weight excluding hydrogens is 216 g/mol. The summed E-state index contributed by atoms with van der Waals surface area (Å²) in [5.74, 6) is 0.673. The highest BCUT2D eigenvalue weighted by atomic mass is 14.1. The van der Waals surface area contributed by atoms with Crippen LogP contribution in [0.15, 0.2) is 48.1 Å². The van der Waals surface area contributed by atoms with Crippen LogP contribution in [0.3, 0.4) is 0 Å². The normalized spacial score (nSPS) is 14.6. The van der Waals surface area contributed by atoms with E-state index in [9.17, 15) is 0 Å². The van der Waals surface area contributed by atoms with Crippen LogP contribution in [-0.4, -0.2) is 0 Å². The maximum absolute atomic E-state index is 3.95. The Morgan fingerprint density at radius 2 is 1.89 bits per heavy atom. The summed E-state index contributed by atoms with van der Waals surface area (Å²) in [6.45, 7) is 12.5. The highest BCUT2D eigenvalue weighted by Crippen LogP contribution is 2.16. The molecule has 102 valence electrons. The van der Waals surface area contributed by atoms with Gasteiger partial charge in [0.05, 0.1) is 0 Å². The first-order valence-electron chi connectivity index (χ1n) is 7.19. The minimum absolute atomic E-state index is 0.673. The number of unbranched alkanes of at least 4 members (excludes halogenated alkanes) is 1. The van der Waals surface area contributed by atoms with E-state index in [1.165, 1.54) is 36.8 Å². The average Bonchev–Trinajstić information content (AvgIpc) is 2.31. The average molecular weight is 246 g/mol. The zero-order valence-electron chi connectivity index (χ0n) is 12.7. The summed E-state index contributed by atoms with van der Waals surface area (Å²) in [7, 11) is 0. The predicted octanol–water partition coefficient (Wildman–Crippen LogP) is 6.23. The second kappa shape index (κ2) is 11.1. The summed E-state index contributed by atoms with van der Waals surface area (Å²) in [6.07, 6.45) is 17.2. The van der Waals surface area contributed by atoms with E-state index in [0.29, 0.717) is 5.92 Å². The second-order valence-corrected chi connectivity index (χ2v) is 5.19. The molecule has 1 unspecified atom stereocenters. The Bertz CT molecular complexity index is 302. The number of hydrogen-bond acceptors (Lipinski definition) is 0. The molecule has 0 N–H and O–H groups in total. The van der Waals surface area contributed by atoms with Gasteiger partial charge in [-0.3, -0.25) is 0 Å². The van der Waals surface area contributed by atoms with Crippen molar-refractivity contribution in [3.8, 4) is 0 Å². The van der Waals surface area contributed by atoms with Crippen molar-refractivity contribution in [3.05, 3.63) is 48.1 Å². The molecule has 0 fully saturated rings. The van der Waals surface area contributed by atoms with Crippen molar-refractivity contribution < 1.29 is 0 Å². The van der Waals surface area contributed by atoms with Crippen LogP contribution in [-0.2, 0) is 0 Å². The molecule has 1 atom stereocenters. The van der Waals surface area contributed by atoms with Crippen LogP contribution in [0.2, 0.25) is 0 Å². The van der Waals surface area contributed by atoms with Gasteiger partial charge in [0, 0.05) is 0 Å². The zero-order chi connectivity index (χ0) is 13.8. The molecule has 0 rings (SSSR count). The van der Waals surface area contributed by atoms with E-state index in [-0.39, 0.29) is 0 Å². The highest BCUT2D eigenvalue weighted by Gasteiger charge is 2.00. The first-order valence-corrected chi connectivity index (χ1v) is 7.19. The molecule has 0 heterocycles. The van der Waals surface area contributed by atoms with E-state index in [1.807, 2.05) is 0 Å². The van der Waals surface area contributed by atoms with Gasteiger partial charge in [0.15, 0.2) is 0 Å². The molecule has 0 aliphatic carbocycles. The van der Waals surface area contributed by atoms with Gasteiger partial charge in [-0.1, -0.05) is 49.3 Å². The fraction of sp³-hybridized carbons (Fsp3) is 0.556. The van der Waals surface area contributed by atoms with Crippen LogP contribution in [0.25, 0.3) is 0 Å². The van der Waals surface area contributed by atoms with Crippen LogP contribution < -0.4 is 0 Å². The maximum Gasteiger partial charge on any atom is -0.0101 e. The van der Waals surface area contributed by atoms with Gasteiger partial charge in [-0.25, -0.2) is 0 Å². The molecule has 0 spiro atoms. The van der Waals surface area contributed by atoms with Gasteiger partial charge in [0.25, 0.3) is 0 Å². The SMILES string of the molecule is C=C(C)CCCCC(C)C=C(C=CC)CC=CC. The summed E-state index contributed by atoms with van der Waals surface area (Å²) in [4.78, 5) is 0. The van der Waals surface area contributed by atoms with Gasteiger partial charge < -0.3 is 0 Å². The van der Waals surface area contributed by atoms with E-state index < -0.39 is 0 Å². The highest BCUT2D eigenvalue weighted by molar-refractivity contribution is 5.21. The molecule has 0 aliphatic rings. The summed E-state index contributed by atoms with van der Waals surface area (Å²) in [5.41, 5.74) is 2.74. The first kappa shape index (κ1) is 17.0. The van der Waals surface area contributed by atoms with Crippen molar-refractivity contribution in [2.45, 2.75) is 59.8 Å². The molecule has 0 aromatic carbocycles. The van der Waals surface area contributed by atoms with E-state index in [0.717, 1.165) is 6.42 Å². The van der Waals surface area contributed by atoms with Gasteiger partial charge in [-0.05, 0) is 57.9 Å². The molecule has 0 bridgehead atoms. The van der Waals surface area contributed by atoms with E-state index >= 15 is 0 Å². The third-order valence-corrected chi connectivity index (χ3v) is 2.98. The van der Waals surface area contributed by atoms with Crippen molar-refractivity contribution in [1.29, 1.82) is 0 Å². The largest absolute Gasteiger partial charge is 0.100 e. The van der Waals surface area contributed by atoms with E-state index in [1.54, 1.807) is 0 Å². The maximum atomic E-state index is 3.95. The fourth-order valence-corrected chi connectivity index (χ4v) is 2.00. The Balaban J connectivity index is 4.11. The number of hydrogen-bond donors (Lipinski definition) is 0. The third-order valence-electron chi connectivity index (χ3n) is 2.98. The van der Waals surface area contributed by atoms with Gasteiger partial charge in [0.2, 0.25) is 0 Å². The minimum Gasteiger partial charge on any atom is -0.100 e. The Labute approximate surface area is 114 Å². The van der Waals surface area contributed by atoms with Crippen LogP contribution in [0.5, 0.6) is 0 Å². The van der Waals surface area contributed by atoms with Crippen molar-refractivity contribution >= 4 is 0 Å². The molecular formula is C18H30. The van der Waals surface area contributed by atoms with Gasteiger partial charge in [0.1, 0.15) is 0 Å². The van der Waals surface area contributed by atoms with Gasteiger partial charge >= 0.3 is 0 Å². The van der Waals surface area contributed by atoms with Crippen LogP contribution in [0.1, 0.15) is 59.8 Å². The Morgan fingerprint density at radius 3 is 2.44 bits per heavy atom. The lowest BCUT2D eigenvalue weighted by atomic mass is 9.98. The molecule has 0 saturated carbocycles. The molecule has 18 heavy (non-hydrogen) atoms. The number of rotatable bonds is 9. The molecule has 0 aliphatic heterocycles. The van der Waals surface area contributed by atoms with Crippen molar-refractivity contribution in [2.75, 3.05) is 0 Å². The van der Waals surface area contributed by atoms with Crippen molar-refractivity contribution in [1.82, 2.24) is 0 Å². The van der Waals surface area contributed by atoms with Crippen molar-refractivity contribution in [3.63, 3.8) is 0 Å². The van der Waals surface area contributed by atoms with Crippen LogP contribution in [0.4, 0.5) is 0 Å². The van der Waals surface area contributed by atoms with Crippen LogP contribution >= 0.6 is 0 Å². The summed E-state index contributed by atoms with van der Waals surface area (Å²) in [5, 5.41) is 0. The molecule has 0 nitrogen and oxygen atoms in total. The second-order valence-electron chi connectivity index (χ2n) is 5.19. The van der Waals surface area contributed by atoms with E-state index in [4.69, 9.17) is 0 Å². The molecule has 0 aromatic rings. The molecule has 0 aromatic heterocycles. The Kier molecular flexibility index (Phi) is 10.4. The zero-order valence-corrected chi connectivity index (χ0v) is 12.7. The smallest absolute Gasteiger partial charge is 0.0101 e. The Morgan fingerprint density at radius 1 is 1.17 bits per heavy atom. The summed E-state index contributed by atoms with van der Waals surface area (Å²) < 4.78 is 0. The summed E-state index contributed by atoms with van der Waals surface area (Å²) in [6, 6.07) is 0.